The number of aromatic nitrogens is 2. The number of hydrogen-bond acceptors (Lipinski definition) is 8. The maximum absolute atomic E-state index is 12.8. The van der Waals surface area contributed by atoms with Gasteiger partial charge in [-0.05, 0) is 19.8 Å². The predicted octanol–water partition coefficient (Wildman–Crippen LogP) is 1.86. The molecule has 1 aromatic heterocycles. The van der Waals surface area contributed by atoms with Gasteiger partial charge in [0.15, 0.2) is 0 Å². The molecule has 32 heavy (non-hydrogen) atoms. The van der Waals surface area contributed by atoms with E-state index in [9.17, 15) is 14.4 Å². The Balaban J connectivity index is 1.44. The number of esters is 1. The summed E-state index contributed by atoms with van der Waals surface area (Å²) in [5.41, 5.74) is 1.28. The van der Waals surface area contributed by atoms with Crippen LogP contribution in [0, 0.1) is 5.92 Å². The second-order valence-corrected chi connectivity index (χ2v) is 7.72. The third-order valence-corrected chi connectivity index (χ3v) is 5.49. The van der Waals surface area contributed by atoms with Crippen molar-refractivity contribution in [1.29, 1.82) is 0 Å². The molecule has 4 rings (SSSR count). The number of hydrogen-bond donors (Lipinski definition) is 0. The lowest BCUT2D eigenvalue weighted by molar-refractivity contribution is -0.152. The van der Waals surface area contributed by atoms with E-state index in [1.165, 1.54) is 0 Å². The largest absolute Gasteiger partial charge is 0.466 e. The van der Waals surface area contributed by atoms with E-state index >= 15 is 0 Å². The van der Waals surface area contributed by atoms with Crippen molar-refractivity contribution < 1.29 is 23.6 Å². The summed E-state index contributed by atoms with van der Waals surface area (Å²) in [6.45, 7) is 2.70. The molecule has 10 nitrogen and oxygen atoms in total. The molecule has 2 aromatic rings. The van der Waals surface area contributed by atoms with E-state index in [1.54, 1.807) is 11.8 Å². The molecule has 2 amide bonds. The van der Waals surface area contributed by atoms with Gasteiger partial charge in [0, 0.05) is 31.5 Å². The van der Waals surface area contributed by atoms with Gasteiger partial charge < -0.3 is 14.2 Å². The zero-order valence-electron chi connectivity index (χ0n) is 17.9. The van der Waals surface area contributed by atoms with Crippen LogP contribution in [0.5, 0.6) is 0 Å². The van der Waals surface area contributed by atoms with Crippen molar-refractivity contribution in [3.8, 4) is 11.4 Å². The first kappa shape index (κ1) is 21.7. The van der Waals surface area contributed by atoms with Gasteiger partial charge in [-0.2, -0.15) is 10.1 Å². The van der Waals surface area contributed by atoms with Gasteiger partial charge in [0.1, 0.15) is 12.3 Å². The fourth-order valence-electron chi connectivity index (χ4n) is 3.81. The highest BCUT2D eigenvalue weighted by Crippen LogP contribution is 2.21. The molecule has 0 N–H and O–H groups in total. The molecule has 168 valence electrons. The third-order valence-electron chi connectivity index (χ3n) is 5.49. The second kappa shape index (κ2) is 9.71. The number of carbonyl (C=O) groups excluding carboxylic acids is 3. The van der Waals surface area contributed by atoms with Crippen LogP contribution in [0.2, 0.25) is 0 Å². The lowest BCUT2D eigenvalue weighted by Gasteiger charge is -2.33. The Hall–Kier alpha value is -3.56. The Kier molecular flexibility index (Phi) is 6.58. The Labute approximate surface area is 185 Å². The molecule has 0 saturated carbocycles. The topological polar surface area (TPSA) is 118 Å². The van der Waals surface area contributed by atoms with Crippen LogP contribution in [0.4, 0.5) is 0 Å². The fraction of sp³-hybridized carbons (Fsp3) is 0.455. The fourth-order valence-corrected chi connectivity index (χ4v) is 3.81. The number of ether oxygens (including phenoxy) is 1. The number of amides is 2. The minimum absolute atomic E-state index is 0.195. The van der Waals surface area contributed by atoms with Crippen molar-refractivity contribution in [2.75, 3.05) is 26.2 Å². The smallest absolute Gasteiger partial charge is 0.310 e. The summed E-state index contributed by atoms with van der Waals surface area (Å²) in [5.74, 6) is -0.462. The van der Waals surface area contributed by atoms with Crippen LogP contribution in [-0.2, 0) is 19.1 Å². The Morgan fingerprint density at radius 2 is 2.03 bits per heavy atom. The number of likely N-dealkylation sites (tertiary alicyclic amines) is 1. The van der Waals surface area contributed by atoms with Crippen LogP contribution >= 0.6 is 0 Å². The molecular weight excluding hydrogens is 414 g/mol. The first-order chi connectivity index (χ1) is 15.5. The van der Waals surface area contributed by atoms with Gasteiger partial charge in [0.25, 0.3) is 5.89 Å². The molecule has 1 atom stereocenters. The second-order valence-electron chi connectivity index (χ2n) is 7.72. The number of piperidine rings is 1. The van der Waals surface area contributed by atoms with Crippen LogP contribution in [-0.4, -0.2) is 69.8 Å². The van der Waals surface area contributed by atoms with E-state index in [1.807, 2.05) is 30.3 Å². The molecule has 3 heterocycles. The van der Waals surface area contributed by atoms with Crippen molar-refractivity contribution in [1.82, 2.24) is 20.0 Å². The van der Waals surface area contributed by atoms with Crippen molar-refractivity contribution >= 4 is 23.5 Å². The molecule has 0 spiro atoms. The van der Waals surface area contributed by atoms with E-state index in [0.717, 1.165) is 10.6 Å². The standard InChI is InChI=1S/C22H25N5O5/c1-2-31-22(30)16-9-6-12-26(13-16)19(29)14-27-18(28)11-10-17(24-27)21-23-20(25-32-21)15-7-4-3-5-8-15/h3-5,7-8,16H,2,6,9-14H2,1H3. The van der Waals surface area contributed by atoms with Crippen LogP contribution in [0.3, 0.4) is 0 Å². The number of carbonyl (C=O) groups is 3. The minimum Gasteiger partial charge on any atom is -0.466 e. The molecule has 0 bridgehead atoms. The summed E-state index contributed by atoms with van der Waals surface area (Å²) >= 11 is 0. The Bertz CT molecular complexity index is 1020. The monoisotopic (exact) mass is 439 g/mol. The van der Waals surface area contributed by atoms with Gasteiger partial charge in [-0.15, -0.1) is 0 Å². The molecule has 10 heteroatoms. The first-order valence-electron chi connectivity index (χ1n) is 10.8. The summed E-state index contributed by atoms with van der Waals surface area (Å²) in [7, 11) is 0. The van der Waals surface area contributed by atoms with Gasteiger partial charge in [0.2, 0.25) is 17.6 Å². The number of nitrogens with zero attached hydrogens (tertiary/aromatic N) is 5. The zero-order valence-corrected chi connectivity index (χ0v) is 17.9. The molecule has 0 aliphatic carbocycles. The number of benzene rings is 1. The lowest BCUT2D eigenvalue weighted by Crippen LogP contribution is -2.47. The normalized spacial score (nSPS) is 19.0. The highest BCUT2D eigenvalue weighted by atomic mass is 16.5. The van der Waals surface area contributed by atoms with Gasteiger partial charge in [0.05, 0.1) is 12.5 Å². The third kappa shape index (κ3) is 4.84. The summed E-state index contributed by atoms with van der Waals surface area (Å²) in [4.78, 5) is 43.2. The molecular formula is C22H25N5O5. The van der Waals surface area contributed by atoms with Gasteiger partial charge >= 0.3 is 5.97 Å². The molecule has 1 unspecified atom stereocenters. The average molecular weight is 439 g/mol. The average Bonchev–Trinajstić information content (AvgIpc) is 3.32. The summed E-state index contributed by atoms with van der Waals surface area (Å²) in [6.07, 6.45) is 1.95. The summed E-state index contributed by atoms with van der Waals surface area (Å²) in [5, 5.41) is 9.47. The van der Waals surface area contributed by atoms with Crippen LogP contribution < -0.4 is 0 Å². The van der Waals surface area contributed by atoms with E-state index in [-0.39, 0.29) is 42.6 Å². The van der Waals surface area contributed by atoms with Crippen molar-refractivity contribution in [3.63, 3.8) is 0 Å². The molecule has 2 aliphatic heterocycles. The van der Waals surface area contributed by atoms with Gasteiger partial charge in [-0.25, -0.2) is 5.01 Å². The van der Waals surface area contributed by atoms with E-state index in [0.29, 0.717) is 50.5 Å². The van der Waals surface area contributed by atoms with Crippen LogP contribution in [0.1, 0.15) is 38.5 Å². The zero-order chi connectivity index (χ0) is 22.5. The molecule has 1 saturated heterocycles. The SMILES string of the molecule is CCOC(=O)C1CCCN(C(=O)CN2N=C(c3nc(-c4ccccc4)no3)CCC2=O)C1. The molecule has 1 fully saturated rings. The van der Waals surface area contributed by atoms with Crippen LogP contribution in [0.25, 0.3) is 11.4 Å². The molecule has 2 aliphatic rings. The highest BCUT2D eigenvalue weighted by Gasteiger charge is 2.32. The van der Waals surface area contributed by atoms with Crippen molar-refractivity contribution in [2.45, 2.75) is 32.6 Å². The van der Waals surface area contributed by atoms with E-state index < -0.39 is 0 Å². The lowest BCUT2D eigenvalue weighted by atomic mass is 9.98. The minimum atomic E-state index is -0.335. The van der Waals surface area contributed by atoms with Gasteiger partial charge in [-0.3, -0.25) is 14.4 Å². The predicted molar refractivity (Wildman–Crippen MR) is 113 cm³/mol. The van der Waals surface area contributed by atoms with Gasteiger partial charge in [-0.1, -0.05) is 35.5 Å². The summed E-state index contributed by atoms with van der Waals surface area (Å²) in [6, 6.07) is 9.39. The quantitative estimate of drug-likeness (QED) is 0.631. The number of rotatable bonds is 6. The Morgan fingerprint density at radius 3 is 2.81 bits per heavy atom. The van der Waals surface area contributed by atoms with E-state index in [4.69, 9.17) is 9.26 Å². The number of hydrazone groups is 1. The Morgan fingerprint density at radius 1 is 1.22 bits per heavy atom. The molecule has 0 radical (unpaired) electrons. The van der Waals surface area contributed by atoms with E-state index in [2.05, 4.69) is 15.2 Å². The first-order valence-corrected chi connectivity index (χ1v) is 10.8. The highest BCUT2D eigenvalue weighted by molar-refractivity contribution is 6.01. The maximum Gasteiger partial charge on any atom is 0.310 e. The van der Waals surface area contributed by atoms with Crippen molar-refractivity contribution in [3.05, 3.63) is 36.2 Å². The molecule has 1 aromatic carbocycles. The van der Waals surface area contributed by atoms with Crippen LogP contribution in [0.15, 0.2) is 40.0 Å². The van der Waals surface area contributed by atoms with Crippen molar-refractivity contribution in [2.24, 2.45) is 11.0 Å². The maximum atomic E-state index is 12.8. The summed E-state index contributed by atoms with van der Waals surface area (Å²) < 4.78 is 10.4.